The number of carbonyl (C=O) groups is 4. The molecule has 0 radical (unpaired) electrons. The molecule has 2 aromatic carbocycles. The SMILES string of the molecule is CC(C)[C@H](NC(=O)C1=Cc2cc(Cl)ccc2OC1)C(=O)N[C@@H](Cc1ccc(F)cc1)C(=O)N[C@H](C=O)C[C@@H]1CCNC1O. The Morgan fingerprint density at radius 3 is 2.51 bits per heavy atom. The molecule has 2 aromatic rings. The van der Waals surface area contributed by atoms with Crippen molar-refractivity contribution < 1.29 is 33.4 Å². The van der Waals surface area contributed by atoms with Crippen LogP contribution in [0.1, 0.15) is 37.8 Å². The lowest BCUT2D eigenvalue weighted by atomic mass is 9.97. The quantitative estimate of drug-likeness (QED) is 0.230. The van der Waals surface area contributed by atoms with Crippen molar-refractivity contribution in [1.82, 2.24) is 21.3 Å². The van der Waals surface area contributed by atoms with E-state index in [2.05, 4.69) is 21.3 Å². The van der Waals surface area contributed by atoms with Crippen LogP contribution in [-0.4, -0.2) is 66.6 Å². The summed E-state index contributed by atoms with van der Waals surface area (Å²) in [5.41, 5.74) is 1.51. The molecular formula is C31H36ClFN4O6. The van der Waals surface area contributed by atoms with Gasteiger partial charge in [-0.05, 0) is 67.3 Å². The van der Waals surface area contributed by atoms with Crippen LogP contribution in [0.25, 0.3) is 6.08 Å². The fourth-order valence-corrected chi connectivity index (χ4v) is 5.30. The zero-order chi connectivity index (χ0) is 31.1. The number of amides is 3. The minimum Gasteiger partial charge on any atom is -0.488 e. The van der Waals surface area contributed by atoms with Crippen molar-refractivity contribution >= 4 is 41.7 Å². The molecule has 4 rings (SSSR count). The maximum absolute atomic E-state index is 13.5. The van der Waals surface area contributed by atoms with Crippen LogP contribution in [0.5, 0.6) is 5.75 Å². The molecule has 2 aliphatic heterocycles. The van der Waals surface area contributed by atoms with Crippen LogP contribution in [0.3, 0.4) is 0 Å². The smallest absolute Gasteiger partial charge is 0.251 e. The zero-order valence-corrected chi connectivity index (χ0v) is 24.7. The fourth-order valence-electron chi connectivity index (χ4n) is 5.12. The molecule has 0 bridgehead atoms. The Bertz CT molecular complexity index is 1370. The van der Waals surface area contributed by atoms with Gasteiger partial charge in [-0.3, -0.25) is 19.7 Å². The summed E-state index contributed by atoms with van der Waals surface area (Å²) in [6, 6.07) is 7.51. The number of hydrogen-bond acceptors (Lipinski definition) is 7. The molecule has 0 saturated carbocycles. The first-order valence-corrected chi connectivity index (χ1v) is 14.6. The Labute approximate surface area is 254 Å². The Kier molecular flexibility index (Phi) is 10.9. The molecule has 1 fully saturated rings. The van der Waals surface area contributed by atoms with Crippen LogP contribution >= 0.6 is 11.6 Å². The molecule has 0 spiro atoms. The van der Waals surface area contributed by atoms with E-state index >= 15 is 0 Å². The van der Waals surface area contributed by atoms with Gasteiger partial charge in [-0.1, -0.05) is 37.6 Å². The topological polar surface area (TPSA) is 146 Å². The van der Waals surface area contributed by atoms with Gasteiger partial charge in [-0.25, -0.2) is 4.39 Å². The van der Waals surface area contributed by atoms with Crippen molar-refractivity contribution in [3.63, 3.8) is 0 Å². The third-order valence-corrected chi connectivity index (χ3v) is 7.80. The van der Waals surface area contributed by atoms with E-state index in [9.17, 15) is 28.7 Å². The highest BCUT2D eigenvalue weighted by atomic mass is 35.5. The average Bonchev–Trinajstić information content (AvgIpc) is 3.39. The minimum atomic E-state index is -1.14. The van der Waals surface area contributed by atoms with Gasteiger partial charge >= 0.3 is 0 Å². The summed E-state index contributed by atoms with van der Waals surface area (Å²) in [5, 5.41) is 21.6. The molecule has 3 amide bonds. The second-order valence-electron chi connectivity index (χ2n) is 11.2. The summed E-state index contributed by atoms with van der Waals surface area (Å²) >= 11 is 6.08. The molecule has 230 valence electrons. The van der Waals surface area contributed by atoms with Crippen LogP contribution in [0.4, 0.5) is 4.39 Å². The lowest BCUT2D eigenvalue weighted by molar-refractivity contribution is -0.133. The summed E-state index contributed by atoms with van der Waals surface area (Å²) < 4.78 is 19.2. The fraction of sp³-hybridized carbons (Fsp3) is 0.419. The molecule has 5 N–H and O–H groups in total. The molecule has 0 aliphatic carbocycles. The van der Waals surface area contributed by atoms with Crippen molar-refractivity contribution in [2.45, 2.75) is 57.5 Å². The highest BCUT2D eigenvalue weighted by Crippen LogP contribution is 2.29. The Morgan fingerprint density at radius 2 is 1.86 bits per heavy atom. The number of aldehydes is 1. The number of carbonyl (C=O) groups excluding carboxylic acids is 4. The standard InChI is InChI=1S/C31H36ClFN4O6/c1-17(2)27(37-29(40)21-12-20-13-22(32)5-8-26(20)43-16-21)31(42)36-25(11-18-3-6-23(33)7-4-18)30(41)35-24(15-38)14-19-9-10-34-28(19)39/h3-8,12-13,15,17,19,24-25,27-28,34,39H,9-11,14,16H2,1-2H3,(H,35,41)(H,36,42)(H,37,40)/t19-,24-,25-,27-,28?/m0/s1. The maximum atomic E-state index is 13.5. The van der Waals surface area contributed by atoms with E-state index in [1.165, 1.54) is 24.3 Å². The maximum Gasteiger partial charge on any atom is 0.251 e. The molecule has 10 nitrogen and oxygen atoms in total. The third-order valence-electron chi connectivity index (χ3n) is 7.56. The molecule has 5 atom stereocenters. The number of ether oxygens (including phenoxy) is 1. The molecule has 2 aliphatic rings. The van der Waals surface area contributed by atoms with Crippen LogP contribution in [-0.2, 0) is 25.6 Å². The van der Waals surface area contributed by atoms with E-state index in [1.54, 1.807) is 38.1 Å². The first kappa shape index (κ1) is 32.1. The number of aliphatic hydroxyl groups excluding tert-OH is 1. The second-order valence-corrected chi connectivity index (χ2v) is 11.6. The van der Waals surface area contributed by atoms with E-state index in [4.69, 9.17) is 16.3 Å². The van der Waals surface area contributed by atoms with E-state index in [1.807, 2.05) is 0 Å². The van der Waals surface area contributed by atoms with Crippen molar-refractivity contribution in [2.24, 2.45) is 11.8 Å². The van der Waals surface area contributed by atoms with Crippen molar-refractivity contribution in [3.8, 4) is 5.75 Å². The van der Waals surface area contributed by atoms with Gasteiger partial charge in [0.25, 0.3) is 5.91 Å². The predicted octanol–water partition coefficient (Wildman–Crippen LogP) is 2.12. The molecule has 2 heterocycles. The van der Waals surface area contributed by atoms with Crippen LogP contribution in [0.15, 0.2) is 48.0 Å². The summed E-state index contributed by atoms with van der Waals surface area (Å²) in [6.45, 7) is 4.11. The number of benzene rings is 2. The van der Waals surface area contributed by atoms with Gasteiger partial charge in [0.2, 0.25) is 11.8 Å². The van der Waals surface area contributed by atoms with Crippen molar-refractivity contribution in [3.05, 3.63) is 70.0 Å². The van der Waals surface area contributed by atoms with E-state index < -0.39 is 47.9 Å². The summed E-state index contributed by atoms with van der Waals surface area (Å²) in [4.78, 5) is 52.0. The van der Waals surface area contributed by atoms with Gasteiger partial charge in [-0.2, -0.15) is 0 Å². The second kappa shape index (κ2) is 14.6. The number of fused-ring (bicyclic) bond motifs is 1. The Balaban J connectivity index is 1.48. The summed E-state index contributed by atoms with van der Waals surface area (Å²) in [6.07, 6.45) is 2.34. The summed E-state index contributed by atoms with van der Waals surface area (Å²) in [5.74, 6) is -2.19. The number of aliphatic hydroxyl groups is 1. The Morgan fingerprint density at radius 1 is 1.12 bits per heavy atom. The van der Waals surface area contributed by atoms with Gasteiger partial charge < -0.3 is 30.6 Å². The minimum absolute atomic E-state index is 0.000786. The first-order chi connectivity index (χ1) is 20.5. The summed E-state index contributed by atoms with van der Waals surface area (Å²) in [7, 11) is 0. The lowest BCUT2D eigenvalue weighted by Gasteiger charge is -2.27. The normalized spacial score (nSPS) is 19.7. The average molecular weight is 615 g/mol. The number of rotatable bonds is 12. The number of nitrogens with one attached hydrogen (secondary N) is 4. The highest BCUT2D eigenvalue weighted by Gasteiger charge is 2.33. The molecule has 0 aromatic heterocycles. The molecule has 43 heavy (non-hydrogen) atoms. The third kappa shape index (κ3) is 8.62. The van der Waals surface area contributed by atoms with Gasteiger partial charge in [0, 0.05) is 22.9 Å². The lowest BCUT2D eigenvalue weighted by Crippen LogP contribution is -2.57. The molecular weight excluding hydrogens is 579 g/mol. The van der Waals surface area contributed by atoms with Crippen LogP contribution in [0.2, 0.25) is 5.02 Å². The highest BCUT2D eigenvalue weighted by molar-refractivity contribution is 6.30. The molecule has 12 heteroatoms. The van der Waals surface area contributed by atoms with Gasteiger partial charge in [0.1, 0.15) is 42.8 Å². The van der Waals surface area contributed by atoms with Crippen molar-refractivity contribution in [1.29, 1.82) is 0 Å². The molecule has 1 saturated heterocycles. The van der Waals surface area contributed by atoms with Gasteiger partial charge in [-0.15, -0.1) is 0 Å². The number of halogens is 2. The van der Waals surface area contributed by atoms with E-state index in [0.29, 0.717) is 46.7 Å². The number of hydrogen-bond donors (Lipinski definition) is 5. The van der Waals surface area contributed by atoms with E-state index in [-0.39, 0.29) is 31.3 Å². The van der Waals surface area contributed by atoms with Crippen molar-refractivity contribution in [2.75, 3.05) is 13.2 Å². The van der Waals surface area contributed by atoms with E-state index in [0.717, 1.165) is 0 Å². The van der Waals surface area contributed by atoms with Gasteiger partial charge in [0.05, 0.1) is 11.6 Å². The van der Waals surface area contributed by atoms with Crippen LogP contribution in [0, 0.1) is 17.7 Å². The predicted molar refractivity (Wildman–Crippen MR) is 158 cm³/mol. The largest absolute Gasteiger partial charge is 0.488 e. The zero-order valence-electron chi connectivity index (χ0n) is 23.9. The Hall–Kier alpha value is -3.80. The monoisotopic (exact) mass is 614 g/mol. The van der Waals surface area contributed by atoms with Crippen LogP contribution < -0.4 is 26.0 Å². The molecule has 1 unspecified atom stereocenters. The van der Waals surface area contributed by atoms with Gasteiger partial charge in [0.15, 0.2) is 0 Å². The first-order valence-electron chi connectivity index (χ1n) is 14.2.